The Labute approximate surface area is 402 Å². The van der Waals surface area contributed by atoms with Crippen molar-refractivity contribution in [3.05, 3.63) is 75.7 Å². The van der Waals surface area contributed by atoms with Crippen molar-refractivity contribution in [2.75, 3.05) is 66.0 Å². The fraction of sp³-hybridized carbons (Fsp3) is 0.623. The van der Waals surface area contributed by atoms with Gasteiger partial charge in [-0.3, -0.25) is 23.9 Å². The number of esters is 1. The van der Waals surface area contributed by atoms with Gasteiger partial charge in [-0.1, -0.05) is 89.5 Å². The van der Waals surface area contributed by atoms with Gasteiger partial charge >= 0.3 is 18.1 Å². The number of ether oxygens (including phenoxy) is 2. The summed E-state index contributed by atoms with van der Waals surface area (Å²) in [7, 11) is 2.17. The van der Waals surface area contributed by atoms with Crippen LogP contribution in [0.4, 0.5) is 9.59 Å². The number of likely N-dealkylation sites (tertiary alicyclic amines) is 2. The van der Waals surface area contributed by atoms with Gasteiger partial charge in [0.05, 0.1) is 23.8 Å². The number of hydrogen-bond donors (Lipinski definition) is 1. The summed E-state index contributed by atoms with van der Waals surface area (Å²) >= 11 is 0. The zero-order chi connectivity index (χ0) is 48.0. The third-order valence-electron chi connectivity index (χ3n) is 14.5. The fourth-order valence-electron chi connectivity index (χ4n) is 10.4. The second-order valence-corrected chi connectivity index (χ2v) is 19.5. The number of unbranched alkanes of at least 4 members (excludes halogenated alkanes) is 8. The summed E-state index contributed by atoms with van der Waals surface area (Å²) in [5.74, 6) is -0.517. The molecule has 1 N–H and O–H groups in total. The summed E-state index contributed by atoms with van der Waals surface area (Å²) in [6, 6.07) is 12.9. The third kappa shape index (κ3) is 13.1. The van der Waals surface area contributed by atoms with Gasteiger partial charge in [0, 0.05) is 69.1 Å². The van der Waals surface area contributed by atoms with Gasteiger partial charge in [0.15, 0.2) is 6.73 Å². The van der Waals surface area contributed by atoms with Gasteiger partial charge in [-0.2, -0.15) is 9.78 Å². The molecule has 0 radical (unpaired) electrons. The minimum absolute atomic E-state index is 0.103. The van der Waals surface area contributed by atoms with Crippen LogP contribution in [0.2, 0.25) is 0 Å². The van der Waals surface area contributed by atoms with Gasteiger partial charge in [-0.05, 0) is 106 Å². The molecule has 0 saturated carbocycles. The third-order valence-corrected chi connectivity index (χ3v) is 14.5. The van der Waals surface area contributed by atoms with E-state index in [-0.39, 0.29) is 42.5 Å². The number of hydrogen-bond acceptors (Lipinski definition) is 10. The van der Waals surface area contributed by atoms with Crippen molar-refractivity contribution in [2.45, 2.75) is 148 Å². The Balaban J connectivity index is 1.02. The highest BCUT2D eigenvalue weighted by molar-refractivity contribution is 5.91. The molecule has 0 aliphatic carbocycles. The van der Waals surface area contributed by atoms with E-state index in [9.17, 15) is 24.0 Å². The molecule has 4 aromatic rings. The lowest BCUT2D eigenvalue weighted by atomic mass is 9.89. The van der Waals surface area contributed by atoms with Crippen LogP contribution in [0.1, 0.15) is 133 Å². The number of rotatable bonds is 20. The number of carbonyl (C=O) groups is 4. The molecule has 0 bridgehead atoms. The molecule has 2 aromatic heterocycles. The number of carbonyl (C=O) groups excluding carboxylic acids is 4. The Bertz CT molecular complexity index is 2370. The zero-order valence-electron chi connectivity index (χ0n) is 41.2. The predicted octanol–water partition coefficient (Wildman–Crippen LogP) is 8.21. The molecule has 1 atom stereocenters. The van der Waals surface area contributed by atoms with Gasteiger partial charge < -0.3 is 29.5 Å². The van der Waals surface area contributed by atoms with Crippen molar-refractivity contribution < 1.29 is 28.7 Å². The normalized spacial score (nSPS) is 17.2. The topological polar surface area (TPSA) is 152 Å². The lowest BCUT2D eigenvalue weighted by Gasteiger charge is -2.43. The van der Waals surface area contributed by atoms with Crippen LogP contribution in [0.5, 0.6) is 0 Å². The number of nitrogens with zero attached hydrogens (tertiary/aromatic N) is 7. The molecule has 3 aliphatic heterocycles. The molecule has 5 heterocycles. The first-order valence-electron chi connectivity index (χ1n) is 25.7. The Morgan fingerprint density at radius 2 is 1.46 bits per heavy atom. The van der Waals surface area contributed by atoms with Crippen molar-refractivity contribution >= 4 is 45.8 Å². The van der Waals surface area contributed by atoms with Gasteiger partial charge in [-0.25, -0.2) is 9.59 Å². The van der Waals surface area contributed by atoms with E-state index in [0.29, 0.717) is 74.7 Å². The highest BCUT2D eigenvalue weighted by Gasteiger charge is 2.34. The van der Waals surface area contributed by atoms with Gasteiger partial charge in [-0.15, -0.1) is 0 Å². The van der Waals surface area contributed by atoms with E-state index < -0.39 is 12.1 Å². The molecule has 0 spiro atoms. The number of piperidine rings is 2. The van der Waals surface area contributed by atoms with Crippen LogP contribution < -0.4 is 10.9 Å². The van der Waals surface area contributed by atoms with E-state index in [1.165, 1.54) is 11.1 Å². The van der Waals surface area contributed by atoms with E-state index in [1.54, 1.807) is 15.7 Å². The summed E-state index contributed by atoms with van der Waals surface area (Å²) in [6.45, 7) is 12.2. The maximum atomic E-state index is 14.6. The number of amides is 3. The van der Waals surface area contributed by atoms with Crippen molar-refractivity contribution in [3.63, 3.8) is 0 Å². The molecule has 3 aliphatic rings. The van der Waals surface area contributed by atoms with Gasteiger partial charge in [0.1, 0.15) is 6.04 Å². The lowest BCUT2D eigenvalue weighted by Crippen LogP contribution is -2.59. The first-order chi connectivity index (χ1) is 33.0. The number of fused-ring (bicyclic) bond motifs is 2. The van der Waals surface area contributed by atoms with Crippen LogP contribution >= 0.6 is 0 Å². The number of aromatic nitrogens is 3. The molecule has 2 aromatic carbocycles. The summed E-state index contributed by atoms with van der Waals surface area (Å²) < 4.78 is 14.1. The Morgan fingerprint density at radius 3 is 2.18 bits per heavy atom. The highest BCUT2D eigenvalue weighted by Crippen LogP contribution is 2.29. The minimum Gasteiger partial charge on any atom is -0.448 e. The van der Waals surface area contributed by atoms with Crippen molar-refractivity contribution in [3.8, 4) is 0 Å². The van der Waals surface area contributed by atoms with Crippen molar-refractivity contribution in [1.82, 2.24) is 39.3 Å². The number of nitrogens with one attached hydrogen (secondary N) is 1. The van der Waals surface area contributed by atoms with E-state index in [0.717, 1.165) is 119 Å². The molecule has 15 nitrogen and oxygen atoms in total. The minimum atomic E-state index is -0.827. The number of pyridine rings is 1. The second-order valence-electron chi connectivity index (χ2n) is 19.5. The Morgan fingerprint density at radius 1 is 0.765 bits per heavy atom. The molecule has 3 fully saturated rings. The SMILES string of the molecule is CCCCCCCOC(=O)n1ncc2cc(C[C@@H](NC(=O)N3CCC(c4cc5ccccc5n(COC(=O)CCCCCCC)c4=O)CC3)C(=O)N3CCN(C4CCN(C)CC4)CC3)cc(C)c21. The summed E-state index contributed by atoms with van der Waals surface area (Å²) in [5.41, 5.74) is 3.52. The van der Waals surface area contributed by atoms with Crippen molar-refractivity contribution in [2.24, 2.45) is 0 Å². The summed E-state index contributed by atoms with van der Waals surface area (Å²) in [6.07, 6.45) is 15.5. The molecule has 3 amide bonds. The van der Waals surface area contributed by atoms with Crippen LogP contribution in [0.25, 0.3) is 21.8 Å². The number of para-hydroxylation sites is 1. The zero-order valence-corrected chi connectivity index (χ0v) is 41.2. The number of benzene rings is 2. The molecule has 3 saturated heterocycles. The highest BCUT2D eigenvalue weighted by atomic mass is 16.6. The average molecular weight is 937 g/mol. The number of piperazine rings is 1. The maximum Gasteiger partial charge on any atom is 0.435 e. The van der Waals surface area contributed by atoms with E-state index in [4.69, 9.17) is 9.47 Å². The second kappa shape index (κ2) is 24.8. The largest absolute Gasteiger partial charge is 0.448 e. The first-order valence-corrected chi connectivity index (χ1v) is 25.7. The lowest BCUT2D eigenvalue weighted by molar-refractivity contribution is -0.147. The van der Waals surface area contributed by atoms with E-state index in [2.05, 4.69) is 41.1 Å². The van der Waals surface area contributed by atoms with E-state index in [1.807, 2.05) is 54.3 Å². The van der Waals surface area contributed by atoms with Gasteiger partial charge in [0.2, 0.25) is 5.91 Å². The number of aryl methyl sites for hydroxylation is 1. The molecule has 7 rings (SSSR count). The van der Waals surface area contributed by atoms with Crippen molar-refractivity contribution in [1.29, 1.82) is 0 Å². The smallest absolute Gasteiger partial charge is 0.435 e. The molecule has 0 unspecified atom stereocenters. The summed E-state index contributed by atoms with van der Waals surface area (Å²) in [5, 5.41) is 9.21. The maximum absolute atomic E-state index is 14.6. The average Bonchev–Trinajstić information content (AvgIpc) is 3.79. The first kappa shape index (κ1) is 50.6. The van der Waals surface area contributed by atoms with Crippen LogP contribution in [-0.4, -0.2) is 136 Å². The van der Waals surface area contributed by atoms with Crippen LogP contribution in [0.3, 0.4) is 0 Å². The molecule has 68 heavy (non-hydrogen) atoms. The standard InChI is InChI=1S/C53H76N8O7/c1-5-7-9-11-13-19-48(62)68-38-60-47-18-15-14-17-42(47)36-45(50(60)63)41-20-26-59(27-21-41)52(65)55-46(51(64)58-30-28-57(29-31-58)44-22-24-56(4)25-23-44)35-40-33-39(3)49-43(34-40)37-54-61(49)53(66)67-32-16-12-10-8-6-2/h14-15,17-18,33-34,36-37,41,44,46H,5-13,16,19-32,35,38H2,1-4H3,(H,55,65)/t46-/m1/s1. The number of urea groups is 1. The summed E-state index contributed by atoms with van der Waals surface area (Å²) in [4.78, 5) is 77.4. The molecular weight excluding hydrogens is 861 g/mol. The van der Waals surface area contributed by atoms with Crippen LogP contribution in [-0.2, 0) is 32.2 Å². The Kier molecular flexibility index (Phi) is 18.5. The fourth-order valence-corrected chi connectivity index (χ4v) is 10.4. The monoisotopic (exact) mass is 937 g/mol. The Hall–Kier alpha value is -5.28. The molecule has 15 heteroatoms. The molecule has 370 valence electrons. The van der Waals surface area contributed by atoms with Gasteiger partial charge in [0.25, 0.3) is 5.56 Å². The van der Waals surface area contributed by atoms with E-state index >= 15 is 0 Å². The predicted molar refractivity (Wildman–Crippen MR) is 266 cm³/mol. The van der Waals surface area contributed by atoms with Crippen LogP contribution in [0.15, 0.2) is 53.5 Å². The molecular formula is C53H76N8O7. The van der Waals surface area contributed by atoms with Crippen LogP contribution in [0, 0.1) is 6.92 Å². The quantitative estimate of drug-likeness (QED) is 0.0678.